The van der Waals surface area contributed by atoms with Crippen molar-refractivity contribution < 1.29 is 9.18 Å². The number of hydrogen-bond acceptors (Lipinski definition) is 5. The van der Waals surface area contributed by atoms with E-state index in [2.05, 4.69) is 20.7 Å². The van der Waals surface area contributed by atoms with E-state index in [0.717, 1.165) is 11.3 Å². The Hall–Kier alpha value is -2.87. The number of nitrogens with one attached hydrogen (secondary N) is 2. The molecule has 1 aromatic heterocycles. The molecule has 28 heavy (non-hydrogen) atoms. The third-order valence-electron chi connectivity index (χ3n) is 4.85. The van der Waals surface area contributed by atoms with E-state index in [1.807, 2.05) is 43.5 Å². The first-order valence-corrected chi connectivity index (χ1v) is 10.2. The summed E-state index contributed by atoms with van der Waals surface area (Å²) in [5.74, 6) is -0.309. The van der Waals surface area contributed by atoms with E-state index in [1.54, 1.807) is 16.8 Å². The average Bonchev–Trinajstić information content (AvgIpc) is 3.11. The molecule has 1 amide bonds. The summed E-state index contributed by atoms with van der Waals surface area (Å²) >= 11 is 1.43. The average molecular weight is 397 g/mol. The van der Waals surface area contributed by atoms with Gasteiger partial charge in [-0.1, -0.05) is 42.1 Å². The smallest absolute Gasteiger partial charge is 0.232 e. The minimum absolute atomic E-state index is 0.132. The van der Waals surface area contributed by atoms with Gasteiger partial charge in [0, 0.05) is 11.7 Å². The summed E-state index contributed by atoms with van der Waals surface area (Å²) in [4.78, 5) is 17.7. The van der Waals surface area contributed by atoms with Crippen LogP contribution < -0.4 is 10.6 Å². The highest BCUT2D eigenvalue weighted by Crippen LogP contribution is 2.37. The van der Waals surface area contributed by atoms with Crippen molar-refractivity contribution in [3.8, 4) is 0 Å². The van der Waals surface area contributed by atoms with E-state index < -0.39 is 12.0 Å². The van der Waals surface area contributed by atoms with Crippen molar-refractivity contribution in [1.82, 2.24) is 14.8 Å². The van der Waals surface area contributed by atoms with Crippen molar-refractivity contribution in [3.05, 3.63) is 66.0 Å². The molecule has 0 saturated heterocycles. The third kappa shape index (κ3) is 3.47. The topological polar surface area (TPSA) is 71.8 Å². The van der Waals surface area contributed by atoms with Crippen molar-refractivity contribution in [2.24, 2.45) is 5.92 Å². The van der Waals surface area contributed by atoms with Gasteiger partial charge in [-0.2, -0.15) is 4.98 Å². The zero-order chi connectivity index (χ0) is 19.7. The number of nitrogens with zero attached hydrogens (tertiary/aromatic N) is 3. The molecule has 6 nitrogen and oxygen atoms in total. The van der Waals surface area contributed by atoms with Gasteiger partial charge >= 0.3 is 0 Å². The van der Waals surface area contributed by atoms with Crippen LogP contribution in [0.1, 0.15) is 18.5 Å². The summed E-state index contributed by atoms with van der Waals surface area (Å²) < 4.78 is 15.2. The lowest BCUT2D eigenvalue weighted by atomic mass is 9.85. The van der Waals surface area contributed by atoms with Crippen LogP contribution in [0.2, 0.25) is 0 Å². The molecular formula is C20H20FN5OS. The maximum absolute atomic E-state index is 13.5. The molecule has 0 fully saturated rings. The zero-order valence-electron chi connectivity index (χ0n) is 15.5. The fourth-order valence-electron chi connectivity index (χ4n) is 3.53. The lowest BCUT2D eigenvalue weighted by molar-refractivity contribution is -0.121. The summed E-state index contributed by atoms with van der Waals surface area (Å²) in [6.45, 7) is 1.95. The fraction of sp³-hybridized carbons (Fsp3) is 0.250. The van der Waals surface area contributed by atoms with Gasteiger partial charge in [0.15, 0.2) is 0 Å². The van der Waals surface area contributed by atoms with Gasteiger partial charge in [-0.25, -0.2) is 9.07 Å². The first-order chi connectivity index (χ1) is 13.6. The number of anilines is 2. The monoisotopic (exact) mass is 397 g/mol. The highest BCUT2D eigenvalue weighted by Gasteiger charge is 2.42. The number of carbonyl (C=O) groups is 1. The Morgan fingerprint density at radius 2 is 1.89 bits per heavy atom. The molecule has 3 aromatic rings. The zero-order valence-corrected chi connectivity index (χ0v) is 16.3. The van der Waals surface area contributed by atoms with Gasteiger partial charge in [0.05, 0.1) is 12.0 Å². The highest BCUT2D eigenvalue weighted by molar-refractivity contribution is 7.98. The fourth-order valence-corrected chi connectivity index (χ4v) is 3.87. The Labute approximate surface area is 166 Å². The maximum Gasteiger partial charge on any atom is 0.232 e. The predicted octanol–water partition coefficient (Wildman–Crippen LogP) is 3.80. The number of thioether (sulfide) groups is 1. The number of rotatable bonds is 4. The molecule has 0 bridgehead atoms. The van der Waals surface area contributed by atoms with Crippen molar-refractivity contribution in [2.45, 2.75) is 24.2 Å². The lowest BCUT2D eigenvalue weighted by Gasteiger charge is -2.36. The molecular weight excluding hydrogens is 377 g/mol. The van der Waals surface area contributed by atoms with E-state index in [1.165, 1.54) is 23.9 Å². The minimum atomic E-state index is -0.463. The Kier molecular flexibility index (Phi) is 5.04. The summed E-state index contributed by atoms with van der Waals surface area (Å²) in [7, 11) is 0. The molecule has 2 N–H and O–H groups in total. The summed E-state index contributed by atoms with van der Waals surface area (Å²) in [6, 6.07) is 14.9. The Balaban J connectivity index is 1.76. The molecule has 3 atom stereocenters. The quantitative estimate of drug-likeness (QED) is 0.656. The van der Waals surface area contributed by atoms with Gasteiger partial charge < -0.3 is 10.6 Å². The second kappa shape index (κ2) is 7.63. The van der Waals surface area contributed by atoms with Crippen LogP contribution in [0.5, 0.6) is 0 Å². The molecule has 144 valence electrons. The van der Waals surface area contributed by atoms with Crippen molar-refractivity contribution >= 4 is 29.3 Å². The van der Waals surface area contributed by atoms with Crippen LogP contribution in [0.4, 0.5) is 16.0 Å². The highest BCUT2D eigenvalue weighted by atomic mass is 32.2. The standard InChI is InChI=1S/C20H20FN5OS/c1-12-16(18(27)23-15-6-4-3-5-7-15)17(13-8-10-14(21)11-9-13)26-19(22-12)24-20(25-26)28-2/h3-12,16-17H,1-2H3,(H,23,27)(H,22,24,25)/t12-,16-,17+/m1/s1. The van der Waals surface area contributed by atoms with Gasteiger partial charge in [-0.15, -0.1) is 5.10 Å². The van der Waals surface area contributed by atoms with E-state index in [-0.39, 0.29) is 17.8 Å². The van der Waals surface area contributed by atoms with Crippen LogP contribution >= 0.6 is 11.8 Å². The van der Waals surface area contributed by atoms with Gasteiger partial charge in [-0.05, 0) is 43.0 Å². The molecule has 0 spiro atoms. The third-order valence-corrected chi connectivity index (χ3v) is 5.39. The second-order valence-electron chi connectivity index (χ2n) is 6.68. The molecule has 1 aliphatic heterocycles. The SMILES string of the molecule is CSc1nc2n(n1)[C@@H](c1ccc(F)cc1)[C@H](C(=O)Nc1ccccc1)[C@@H](C)N2. The van der Waals surface area contributed by atoms with Crippen LogP contribution in [0.3, 0.4) is 0 Å². The number of carbonyl (C=O) groups excluding carboxylic acids is 1. The summed E-state index contributed by atoms with van der Waals surface area (Å²) in [6.07, 6.45) is 1.90. The van der Waals surface area contributed by atoms with Crippen LogP contribution in [-0.2, 0) is 4.79 Å². The predicted molar refractivity (Wildman–Crippen MR) is 108 cm³/mol. The van der Waals surface area contributed by atoms with Crippen LogP contribution in [0.25, 0.3) is 0 Å². The lowest BCUT2D eigenvalue weighted by Crippen LogP contribution is -2.46. The molecule has 0 radical (unpaired) electrons. The number of benzene rings is 2. The van der Waals surface area contributed by atoms with Crippen molar-refractivity contribution in [3.63, 3.8) is 0 Å². The van der Waals surface area contributed by atoms with Crippen LogP contribution in [-0.4, -0.2) is 33.0 Å². The minimum Gasteiger partial charge on any atom is -0.351 e. The molecule has 2 aromatic carbocycles. The summed E-state index contributed by atoms with van der Waals surface area (Å²) in [5, 5.41) is 11.4. The Bertz CT molecular complexity index is 976. The van der Waals surface area contributed by atoms with Gasteiger partial charge in [0.25, 0.3) is 0 Å². The molecule has 0 aliphatic carbocycles. The molecule has 0 unspecified atom stereocenters. The Morgan fingerprint density at radius 3 is 2.57 bits per heavy atom. The first-order valence-electron chi connectivity index (χ1n) is 8.95. The number of hydrogen-bond donors (Lipinski definition) is 2. The van der Waals surface area contributed by atoms with Crippen LogP contribution in [0.15, 0.2) is 59.8 Å². The number of amides is 1. The van der Waals surface area contributed by atoms with Crippen molar-refractivity contribution in [1.29, 1.82) is 0 Å². The maximum atomic E-state index is 13.5. The van der Waals surface area contributed by atoms with E-state index >= 15 is 0 Å². The molecule has 1 aliphatic rings. The Morgan fingerprint density at radius 1 is 1.18 bits per heavy atom. The van der Waals surface area contributed by atoms with E-state index in [9.17, 15) is 9.18 Å². The molecule has 8 heteroatoms. The number of fused-ring (bicyclic) bond motifs is 1. The van der Waals surface area contributed by atoms with Gasteiger partial charge in [0.1, 0.15) is 5.82 Å². The van der Waals surface area contributed by atoms with Gasteiger partial charge in [0.2, 0.25) is 17.0 Å². The molecule has 2 heterocycles. The van der Waals surface area contributed by atoms with E-state index in [0.29, 0.717) is 11.1 Å². The van der Waals surface area contributed by atoms with E-state index in [4.69, 9.17) is 0 Å². The molecule has 4 rings (SSSR count). The number of aromatic nitrogens is 3. The number of para-hydroxylation sites is 1. The van der Waals surface area contributed by atoms with Crippen LogP contribution in [0, 0.1) is 11.7 Å². The number of halogens is 1. The van der Waals surface area contributed by atoms with Crippen molar-refractivity contribution in [2.75, 3.05) is 16.9 Å². The molecule has 0 saturated carbocycles. The normalized spacial score (nSPS) is 20.9. The summed E-state index contributed by atoms with van der Waals surface area (Å²) in [5.41, 5.74) is 1.54. The second-order valence-corrected chi connectivity index (χ2v) is 7.45. The first kappa shape index (κ1) is 18.5. The largest absolute Gasteiger partial charge is 0.351 e. The van der Waals surface area contributed by atoms with Gasteiger partial charge in [-0.3, -0.25) is 4.79 Å².